The van der Waals surface area contributed by atoms with Crippen molar-refractivity contribution in [2.24, 2.45) is 28.0 Å². The summed E-state index contributed by atoms with van der Waals surface area (Å²) in [6.45, 7) is 7.48. The van der Waals surface area contributed by atoms with Crippen molar-refractivity contribution in [1.29, 1.82) is 0 Å². The van der Waals surface area contributed by atoms with Crippen molar-refractivity contribution in [1.82, 2.24) is 10.2 Å². The van der Waals surface area contributed by atoms with Crippen molar-refractivity contribution < 1.29 is 23.1 Å². The normalized spacial score (nSPS) is 36.9. The smallest absolute Gasteiger partial charge is 0.262 e. The minimum atomic E-state index is -3.20. The third-order valence-electron chi connectivity index (χ3n) is 10.4. The summed E-state index contributed by atoms with van der Waals surface area (Å²) in [4.78, 5) is 33.6. The number of guanidine groups is 1. The van der Waals surface area contributed by atoms with Crippen LogP contribution in [-0.4, -0.2) is 45.8 Å². The Kier molecular flexibility index (Phi) is 7.09. The maximum Gasteiger partial charge on any atom is 0.262 e. The monoisotopic (exact) mass is 592 g/mol. The van der Waals surface area contributed by atoms with Crippen LogP contribution < -0.4 is 15.8 Å². The lowest BCUT2D eigenvalue weighted by Gasteiger charge is -2.43. The van der Waals surface area contributed by atoms with Crippen LogP contribution in [0, 0.1) is 17.3 Å². The van der Waals surface area contributed by atoms with Gasteiger partial charge in [0.1, 0.15) is 11.4 Å². The average Bonchev–Trinajstić information content (AvgIpc) is 3.10. The number of aliphatic imine (C=N–C) groups is 1. The Morgan fingerprint density at radius 1 is 1.19 bits per heavy atom. The van der Waals surface area contributed by atoms with Crippen LogP contribution in [0.4, 0.5) is 8.78 Å². The van der Waals surface area contributed by atoms with E-state index < -0.39 is 40.4 Å². The molecule has 1 saturated carbocycles. The number of nitrogens with one attached hydrogen (secondary N) is 1. The third-order valence-corrected chi connectivity index (χ3v) is 10.4. The van der Waals surface area contributed by atoms with Gasteiger partial charge in [-0.2, -0.15) is 0 Å². The number of amides is 2. The van der Waals surface area contributed by atoms with Gasteiger partial charge in [0.05, 0.1) is 29.5 Å². The second-order valence-corrected chi connectivity index (χ2v) is 13.7. The first kappa shape index (κ1) is 29.6. The number of allylic oxidation sites excluding steroid dienone is 4. The molecule has 7 nitrogen and oxygen atoms in total. The fourth-order valence-electron chi connectivity index (χ4n) is 8.01. The number of ether oxygens (including phenoxy) is 1. The van der Waals surface area contributed by atoms with Gasteiger partial charge in [0.15, 0.2) is 5.96 Å². The van der Waals surface area contributed by atoms with Crippen LogP contribution >= 0.6 is 0 Å². The van der Waals surface area contributed by atoms with E-state index in [0.29, 0.717) is 31.4 Å². The van der Waals surface area contributed by atoms with E-state index in [9.17, 15) is 9.59 Å². The van der Waals surface area contributed by atoms with E-state index >= 15 is 8.78 Å². The molecular weight excluding hydrogens is 550 g/mol. The molecule has 2 amide bonds. The van der Waals surface area contributed by atoms with Gasteiger partial charge < -0.3 is 15.8 Å². The zero-order valence-corrected chi connectivity index (χ0v) is 25.4. The predicted molar refractivity (Wildman–Crippen MR) is 162 cm³/mol. The molecule has 1 fully saturated rings. The van der Waals surface area contributed by atoms with Gasteiger partial charge in [-0.25, -0.2) is 13.8 Å². The number of fused-ring (bicyclic) bond motifs is 7. The maximum absolute atomic E-state index is 16.5. The van der Waals surface area contributed by atoms with Gasteiger partial charge in [0.25, 0.3) is 5.92 Å². The molecule has 4 unspecified atom stereocenters. The number of nitrogens with zero attached hydrogens (tertiary/aromatic N) is 2. The fourth-order valence-corrected chi connectivity index (χ4v) is 8.01. The Bertz CT molecular complexity index is 1450. The Morgan fingerprint density at radius 2 is 1.98 bits per heavy atom. The summed E-state index contributed by atoms with van der Waals surface area (Å²) >= 11 is 0. The summed E-state index contributed by atoms with van der Waals surface area (Å²) < 4.78 is 39.3. The zero-order chi connectivity index (χ0) is 30.8. The van der Waals surface area contributed by atoms with Crippen molar-refractivity contribution in [3.05, 3.63) is 59.7 Å². The summed E-state index contributed by atoms with van der Waals surface area (Å²) in [5, 5.41) is 3.13. The van der Waals surface area contributed by atoms with Gasteiger partial charge in [-0.15, -0.1) is 0 Å². The maximum atomic E-state index is 16.5. The summed E-state index contributed by atoms with van der Waals surface area (Å²) in [7, 11) is 0. The van der Waals surface area contributed by atoms with E-state index in [1.807, 2.05) is 45.0 Å². The highest BCUT2D eigenvalue weighted by molar-refractivity contribution is 5.99. The molecule has 43 heavy (non-hydrogen) atoms. The van der Waals surface area contributed by atoms with E-state index in [4.69, 9.17) is 15.5 Å². The van der Waals surface area contributed by atoms with E-state index in [-0.39, 0.29) is 43.1 Å². The molecule has 9 heteroatoms. The van der Waals surface area contributed by atoms with Crippen molar-refractivity contribution in [2.45, 2.75) is 102 Å². The topological polar surface area (TPSA) is 97.0 Å². The largest absolute Gasteiger partial charge is 0.487 e. The number of alkyl halides is 2. The van der Waals surface area contributed by atoms with Crippen LogP contribution in [0.2, 0.25) is 0 Å². The number of hydrogen-bond donors (Lipinski definition) is 2. The van der Waals surface area contributed by atoms with E-state index in [2.05, 4.69) is 11.4 Å². The standard InChI is InChI=1S/C34H42F2N4O3/c1-5-33-17-9-6-10-21-12-14-26-22(18-21)25(19-31(2,3)43-26)38-27(41)15-13-24-29(40(28(42)20-33)30(37)39-33)23-11-7-8-16-32(23,4)34(24,35)36/h6-8,10-12,14,16,18,23-25,29H,5,9,13,15,17,19-20H2,1-4H3,(H2,37,39)(H,38,41)/b10-6-/t23?,24?,25-,29?,32?,33+/m0/s1. The quantitative estimate of drug-likeness (QED) is 0.414. The molecule has 7 rings (SSSR count). The van der Waals surface area contributed by atoms with Crippen LogP contribution in [0.5, 0.6) is 5.75 Å². The highest BCUT2D eigenvalue weighted by atomic mass is 19.3. The number of rotatable bonds is 1. The molecule has 0 radical (unpaired) electrons. The molecular formula is C34H42F2N4O3. The first-order valence-corrected chi connectivity index (χ1v) is 15.5. The lowest BCUT2D eigenvalue weighted by molar-refractivity contribution is -0.135. The number of hydrogen-bond acceptors (Lipinski definition) is 5. The van der Waals surface area contributed by atoms with Crippen LogP contribution in [0.1, 0.15) is 89.8 Å². The molecule has 4 bridgehead atoms. The second kappa shape index (κ2) is 10.3. The Morgan fingerprint density at radius 3 is 2.72 bits per heavy atom. The van der Waals surface area contributed by atoms with Gasteiger partial charge in [0, 0.05) is 30.2 Å². The van der Waals surface area contributed by atoms with E-state index in [1.165, 1.54) is 4.90 Å². The zero-order valence-electron chi connectivity index (χ0n) is 25.4. The molecule has 0 saturated heterocycles. The third kappa shape index (κ3) is 4.89. The molecule has 0 aromatic heterocycles. The van der Waals surface area contributed by atoms with Gasteiger partial charge >= 0.3 is 0 Å². The lowest BCUT2D eigenvalue weighted by atomic mass is 9.74. The molecule has 2 aliphatic carbocycles. The average molecular weight is 593 g/mol. The number of halogens is 2. The molecule has 1 aromatic rings. The lowest BCUT2D eigenvalue weighted by Crippen LogP contribution is -2.58. The number of nitrogens with two attached hydrogens (primary N) is 1. The number of carbonyl (C=O) groups excluding carboxylic acids is 2. The minimum absolute atomic E-state index is 0.00434. The predicted octanol–water partition coefficient (Wildman–Crippen LogP) is 6.07. The molecule has 4 aliphatic heterocycles. The highest BCUT2D eigenvalue weighted by Gasteiger charge is 2.70. The molecule has 0 spiro atoms. The number of benzene rings is 1. The van der Waals surface area contributed by atoms with Crippen LogP contribution in [0.3, 0.4) is 0 Å². The molecule has 6 atom stereocenters. The Labute approximate surface area is 252 Å². The molecule has 1 aromatic carbocycles. The van der Waals surface area contributed by atoms with E-state index in [1.54, 1.807) is 31.2 Å². The van der Waals surface area contributed by atoms with E-state index in [0.717, 1.165) is 11.1 Å². The first-order valence-electron chi connectivity index (χ1n) is 15.5. The van der Waals surface area contributed by atoms with Crippen LogP contribution in [-0.2, 0) is 9.59 Å². The molecule has 230 valence electrons. The Hall–Kier alpha value is -3.49. The molecule has 3 N–H and O–H groups in total. The van der Waals surface area contributed by atoms with Gasteiger partial charge in [-0.1, -0.05) is 49.4 Å². The van der Waals surface area contributed by atoms with Gasteiger partial charge in [-0.3, -0.25) is 14.5 Å². The van der Waals surface area contributed by atoms with Crippen molar-refractivity contribution in [3.8, 4) is 5.75 Å². The minimum Gasteiger partial charge on any atom is -0.487 e. The van der Waals surface area contributed by atoms with Gasteiger partial charge in [-0.05, 0) is 64.2 Å². The second-order valence-electron chi connectivity index (χ2n) is 13.7. The van der Waals surface area contributed by atoms with Crippen molar-refractivity contribution in [3.63, 3.8) is 0 Å². The summed E-state index contributed by atoms with van der Waals surface area (Å²) in [5.41, 5.74) is 5.65. The fraction of sp³-hybridized carbons (Fsp3) is 0.559. The Balaban J connectivity index is 1.43. The first-order chi connectivity index (χ1) is 20.3. The SMILES string of the molecule is CC[C@@]12CC/C=C\c3ccc4c(c3)[C@H](CC(C)(C)O4)NC(=O)CCC3C(C4C=CC=CC4(C)C3(F)F)N(C(=O)C1)C(N)=N2. The van der Waals surface area contributed by atoms with Crippen molar-refractivity contribution in [2.75, 3.05) is 0 Å². The van der Waals surface area contributed by atoms with Gasteiger partial charge in [0.2, 0.25) is 11.8 Å². The summed E-state index contributed by atoms with van der Waals surface area (Å²) in [6.07, 6.45) is 13.1. The summed E-state index contributed by atoms with van der Waals surface area (Å²) in [5.74, 6) is -5.06. The summed E-state index contributed by atoms with van der Waals surface area (Å²) in [6, 6.07) is 4.68. The molecule has 4 heterocycles. The van der Waals surface area contributed by atoms with Crippen molar-refractivity contribution >= 4 is 23.8 Å². The molecule has 6 aliphatic rings. The van der Waals surface area contributed by atoms with Crippen LogP contribution in [0.15, 0.2) is 53.6 Å². The number of carbonyl (C=O) groups is 2. The highest BCUT2D eigenvalue weighted by Crippen LogP contribution is 2.62. The van der Waals surface area contributed by atoms with Crippen LogP contribution in [0.25, 0.3) is 6.08 Å².